The number of hydrogen-bond donors (Lipinski definition) is 2. The van der Waals surface area contributed by atoms with Crippen LogP contribution in [-0.4, -0.2) is 36.6 Å². The summed E-state index contributed by atoms with van der Waals surface area (Å²) in [6.45, 7) is 2.19. The van der Waals surface area contributed by atoms with Gasteiger partial charge in [-0.15, -0.1) is 11.3 Å². The van der Waals surface area contributed by atoms with E-state index in [4.69, 9.17) is 4.74 Å². The Morgan fingerprint density at radius 2 is 2.04 bits per heavy atom. The highest BCUT2D eigenvalue weighted by Gasteiger charge is 2.54. The number of carbonyl (C=O) groups is 2. The molecule has 0 spiro atoms. The first-order valence-electron chi connectivity index (χ1n) is 7.81. The van der Waals surface area contributed by atoms with Gasteiger partial charge in [0.25, 0.3) is 5.91 Å². The first kappa shape index (κ1) is 14.7. The third-order valence-electron chi connectivity index (χ3n) is 4.70. The van der Waals surface area contributed by atoms with Gasteiger partial charge in [-0.25, -0.2) is 0 Å². The molecule has 4 atom stereocenters. The second-order valence-corrected chi connectivity index (χ2v) is 7.25. The Hall–Kier alpha value is -1.92. The van der Waals surface area contributed by atoms with Crippen molar-refractivity contribution in [3.05, 3.63) is 35.2 Å². The summed E-state index contributed by atoms with van der Waals surface area (Å²) in [5.41, 5.74) is 0. The van der Waals surface area contributed by atoms with Crippen LogP contribution < -0.4 is 10.6 Å². The fourth-order valence-electron chi connectivity index (χ4n) is 3.63. The number of carbonyl (C=O) groups excluding carboxylic acids is 2. The zero-order valence-electron chi connectivity index (χ0n) is 12.7. The Kier molecular flexibility index (Phi) is 3.58. The van der Waals surface area contributed by atoms with Gasteiger partial charge in [-0.1, -0.05) is 18.2 Å². The van der Waals surface area contributed by atoms with Crippen molar-refractivity contribution in [1.82, 2.24) is 10.6 Å². The van der Waals surface area contributed by atoms with Crippen LogP contribution in [0.2, 0.25) is 0 Å². The van der Waals surface area contributed by atoms with Crippen molar-refractivity contribution in [2.24, 2.45) is 5.92 Å². The van der Waals surface area contributed by atoms with Gasteiger partial charge in [0.2, 0.25) is 5.91 Å². The SMILES string of the molecule is CC(=O)N[C@@H]1[C@@H](NC(=O)c2cc3ccccc3s2)[C@H]2CCO[C@H]21. The highest BCUT2D eigenvalue weighted by molar-refractivity contribution is 7.20. The summed E-state index contributed by atoms with van der Waals surface area (Å²) in [6.07, 6.45) is 0.963. The molecule has 2 heterocycles. The molecule has 4 rings (SSSR count). The Bertz CT molecular complexity index is 739. The molecule has 2 N–H and O–H groups in total. The molecule has 2 amide bonds. The number of benzene rings is 1. The van der Waals surface area contributed by atoms with Crippen LogP contribution in [-0.2, 0) is 9.53 Å². The van der Waals surface area contributed by atoms with E-state index in [0.717, 1.165) is 16.5 Å². The van der Waals surface area contributed by atoms with E-state index in [-0.39, 0.29) is 30.0 Å². The molecular weight excluding hydrogens is 312 g/mol. The molecule has 0 radical (unpaired) electrons. The van der Waals surface area contributed by atoms with Crippen LogP contribution in [0, 0.1) is 5.92 Å². The van der Waals surface area contributed by atoms with Crippen LogP contribution in [0.25, 0.3) is 10.1 Å². The van der Waals surface area contributed by atoms with Crippen molar-refractivity contribution in [3.63, 3.8) is 0 Å². The molecule has 2 aliphatic rings. The Morgan fingerprint density at radius 1 is 1.22 bits per heavy atom. The van der Waals surface area contributed by atoms with E-state index in [1.54, 1.807) is 0 Å². The topological polar surface area (TPSA) is 67.4 Å². The molecule has 1 aromatic heterocycles. The van der Waals surface area contributed by atoms with Crippen molar-refractivity contribution in [3.8, 4) is 0 Å². The normalized spacial score (nSPS) is 28.9. The number of amides is 2. The standard InChI is InChI=1S/C17H18N2O3S/c1-9(20)18-15-14(11-6-7-22-16(11)15)19-17(21)13-8-10-4-2-3-5-12(10)23-13/h2-5,8,11,14-16H,6-7H2,1H3,(H,18,20)(H,19,21)/t11-,14+,15-,16-/m1/s1. The van der Waals surface area contributed by atoms with Crippen LogP contribution in [0.1, 0.15) is 23.0 Å². The summed E-state index contributed by atoms with van der Waals surface area (Å²) < 4.78 is 6.77. The first-order chi connectivity index (χ1) is 11.1. The second kappa shape index (κ2) is 5.62. The second-order valence-electron chi connectivity index (χ2n) is 6.16. The molecular formula is C17H18N2O3S. The molecule has 1 aliphatic carbocycles. The fourth-order valence-corrected chi connectivity index (χ4v) is 4.59. The van der Waals surface area contributed by atoms with Crippen LogP contribution in [0.3, 0.4) is 0 Å². The highest BCUT2D eigenvalue weighted by atomic mass is 32.1. The number of thiophene rings is 1. The number of nitrogens with one attached hydrogen (secondary N) is 2. The molecule has 2 aromatic rings. The largest absolute Gasteiger partial charge is 0.376 e. The number of rotatable bonds is 3. The van der Waals surface area contributed by atoms with E-state index in [1.807, 2.05) is 30.3 Å². The van der Waals surface area contributed by atoms with Crippen LogP contribution in [0.4, 0.5) is 0 Å². The van der Waals surface area contributed by atoms with Gasteiger partial charge >= 0.3 is 0 Å². The minimum Gasteiger partial charge on any atom is -0.376 e. The van der Waals surface area contributed by atoms with Gasteiger partial charge in [0, 0.05) is 24.1 Å². The van der Waals surface area contributed by atoms with Gasteiger partial charge in [-0.05, 0) is 23.9 Å². The van der Waals surface area contributed by atoms with E-state index in [1.165, 1.54) is 18.3 Å². The van der Waals surface area contributed by atoms with Gasteiger partial charge in [0.1, 0.15) is 0 Å². The van der Waals surface area contributed by atoms with Gasteiger partial charge in [-0.2, -0.15) is 0 Å². The predicted octanol–water partition coefficient (Wildman–Crippen LogP) is 1.92. The van der Waals surface area contributed by atoms with E-state index in [0.29, 0.717) is 17.4 Å². The maximum atomic E-state index is 12.6. The van der Waals surface area contributed by atoms with Gasteiger partial charge in [0.15, 0.2) is 0 Å². The molecule has 23 heavy (non-hydrogen) atoms. The van der Waals surface area contributed by atoms with Crippen molar-refractivity contribution in [2.45, 2.75) is 31.5 Å². The fraction of sp³-hybridized carbons (Fsp3) is 0.412. The highest BCUT2D eigenvalue weighted by Crippen LogP contribution is 2.39. The Balaban J connectivity index is 1.51. The van der Waals surface area contributed by atoms with Crippen LogP contribution >= 0.6 is 11.3 Å². The minimum absolute atomic E-state index is 0.0339. The summed E-state index contributed by atoms with van der Waals surface area (Å²) in [5.74, 6) is 0.132. The molecule has 1 aliphatic heterocycles. The number of ether oxygens (including phenoxy) is 1. The smallest absolute Gasteiger partial charge is 0.261 e. The summed E-state index contributed by atoms with van der Waals surface area (Å²) in [5, 5.41) is 7.09. The zero-order valence-corrected chi connectivity index (χ0v) is 13.6. The molecule has 1 saturated heterocycles. The van der Waals surface area contributed by atoms with Gasteiger partial charge < -0.3 is 15.4 Å². The maximum absolute atomic E-state index is 12.6. The van der Waals surface area contributed by atoms with Gasteiger partial charge in [-0.3, -0.25) is 9.59 Å². The minimum atomic E-state index is -0.127. The molecule has 0 unspecified atom stereocenters. The van der Waals surface area contributed by atoms with Gasteiger partial charge in [0.05, 0.1) is 23.1 Å². The van der Waals surface area contributed by atoms with E-state index in [9.17, 15) is 9.59 Å². The lowest BCUT2D eigenvalue weighted by atomic mass is 9.71. The molecule has 6 heteroatoms. The lowest BCUT2D eigenvalue weighted by Gasteiger charge is -2.47. The van der Waals surface area contributed by atoms with Crippen molar-refractivity contribution in [2.75, 3.05) is 6.61 Å². The Morgan fingerprint density at radius 3 is 2.83 bits per heavy atom. The van der Waals surface area contributed by atoms with Crippen molar-refractivity contribution >= 4 is 33.2 Å². The molecule has 1 aromatic carbocycles. The van der Waals surface area contributed by atoms with Crippen LogP contribution in [0.5, 0.6) is 0 Å². The Labute approximate surface area is 138 Å². The number of hydrogen-bond acceptors (Lipinski definition) is 4. The lowest BCUT2D eigenvalue weighted by molar-refractivity contribution is -0.123. The molecule has 5 nitrogen and oxygen atoms in total. The summed E-state index contributed by atoms with van der Waals surface area (Å²) >= 11 is 1.49. The summed E-state index contributed by atoms with van der Waals surface area (Å²) in [7, 11) is 0. The van der Waals surface area contributed by atoms with E-state index >= 15 is 0 Å². The van der Waals surface area contributed by atoms with Crippen molar-refractivity contribution in [1.29, 1.82) is 0 Å². The summed E-state index contributed by atoms with van der Waals surface area (Å²) in [6, 6.07) is 9.70. The summed E-state index contributed by atoms with van der Waals surface area (Å²) in [4.78, 5) is 24.7. The third-order valence-corrected chi connectivity index (χ3v) is 5.82. The average molecular weight is 330 g/mol. The monoisotopic (exact) mass is 330 g/mol. The molecule has 0 bridgehead atoms. The lowest BCUT2D eigenvalue weighted by Crippen LogP contribution is -2.70. The average Bonchev–Trinajstić information content (AvgIpc) is 3.14. The molecule has 1 saturated carbocycles. The quantitative estimate of drug-likeness (QED) is 0.903. The van der Waals surface area contributed by atoms with E-state index in [2.05, 4.69) is 10.6 Å². The predicted molar refractivity (Wildman–Crippen MR) is 88.5 cm³/mol. The van der Waals surface area contributed by atoms with Crippen LogP contribution in [0.15, 0.2) is 30.3 Å². The number of fused-ring (bicyclic) bond motifs is 2. The molecule has 120 valence electrons. The maximum Gasteiger partial charge on any atom is 0.261 e. The zero-order chi connectivity index (χ0) is 16.0. The third kappa shape index (κ3) is 2.52. The first-order valence-corrected chi connectivity index (χ1v) is 8.63. The van der Waals surface area contributed by atoms with Crippen molar-refractivity contribution < 1.29 is 14.3 Å². The molecule has 2 fully saturated rings. The van der Waals surface area contributed by atoms with E-state index < -0.39 is 0 Å².